The number of thiazole rings is 1. The highest BCUT2D eigenvalue weighted by Crippen LogP contribution is 2.06. The normalized spacial score (nSPS) is 10.5. The van der Waals surface area contributed by atoms with Gasteiger partial charge in [-0.3, -0.25) is 9.59 Å². The van der Waals surface area contributed by atoms with Crippen LogP contribution in [0.15, 0.2) is 40.5 Å². The van der Waals surface area contributed by atoms with Crippen molar-refractivity contribution in [2.24, 2.45) is 0 Å². The molecule has 1 amide bonds. The van der Waals surface area contributed by atoms with Crippen LogP contribution in [0.3, 0.4) is 0 Å². The van der Waals surface area contributed by atoms with Gasteiger partial charge in [-0.15, -0.1) is 0 Å². The van der Waals surface area contributed by atoms with Crippen LogP contribution < -0.4 is 4.87 Å². The highest BCUT2D eigenvalue weighted by Gasteiger charge is 2.11. The van der Waals surface area contributed by atoms with Gasteiger partial charge in [0.15, 0.2) is 0 Å². The number of aromatic nitrogens is 1. The molecule has 0 saturated carbocycles. The maximum Gasteiger partial charge on any atom is 0.307 e. The fourth-order valence-electron chi connectivity index (χ4n) is 2.02. The summed E-state index contributed by atoms with van der Waals surface area (Å²) in [6.07, 6.45) is 0.348. The van der Waals surface area contributed by atoms with E-state index in [1.807, 2.05) is 42.6 Å². The zero-order valence-electron chi connectivity index (χ0n) is 11.7. The van der Waals surface area contributed by atoms with Gasteiger partial charge >= 0.3 is 4.87 Å². The van der Waals surface area contributed by atoms with Gasteiger partial charge in [-0.1, -0.05) is 41.7 Å². The van der Waals surface area contributed by atoms with Gasteiger partial charge in [-0.25, -0.2) is 0 Å². The number of benzene rings is 1. The van der Waals surface area contributed by atoms with Crippen molar-refractivity contribution in [3.05, 3.63) is 56.6 Å². The Kier molecular flexibility index (Phi) is 4.74. The van der Waals surface area contributed by atoms with Crippen LogP contribution in [0.25, 0.3) is 0 Å². The first-order valence-corrected chi connectivity index (χ1v) is 7.38. The fourth-order valence-corrected chi connectivity index (χ4v) is 2.78. The van der Waals surface area contributed by atoms with Gasteiger partial charge in [0, 0.05) is 37.6 Å². The number of rotatable bonds is 5. The minimum absolute atomic E-state index is 0.000937. The second-order valence-corrected chi connectivity index (χ2v) is 5.60. The molecule has 2 rings (SSSR count). The second kappa shape index (κ2) is 6.52. The van der Waals surface area contributed by atoms with E-state index in [0.29, 0.717) is 19.5 Å². The van der Waals surface area contributed by atoms with Crippen LogP contribution in [0.4, 0.5) is 0 Å². The first-order chi connectivity index (χ1) is 9.58. The van der Waals surface area contributed by atoms with E-state index in [9.17, 15) is 9.59 Å². The summed E-state index contributed by atoms with van der Waals surface area (Å²) in [5.74, 6) is 0.0475. The number of hydrogen-bond donors (Lipinski definition) is 0. The van der Waals surface area contributed by atoms with E-state index >= 15 is 0 Å². The lowest BCUT2D eigenvalue weighted by Crippen LogP contribution is -2.28. The molecular weight excluding hydrogens is 272 g/mol. The van der Waals surface area contributed by atoms with Gasteiger partial charge in [0.25, 0.3) is 0 Å². The average molecular weight is 290 g/mol. The molecule has 0 spiro atoms. The molecule has 1 aromatic heterocycles. The Morgan fingerprint density at radius 2 is 2.00 bits per heavy atom. The van der Waals surface area contributed by atoms with Crippen LogP contribution in [0, 0.1) is 6.92 Å². The maximum absolute atomic E-state index is 12.1. The van der Waals surface area contributed by atoms with E-state index in [2.05, 4.69) is 0 Å². The standard InChI is InChI=1S/C15H18N2O2S/c1-12-11-20-15(19)17(12)9-8-14(18)16(2)10-13-6-4-3-5-7-13/h3-7,11H,8-10H2,1-2H3. The summed E-state index contributed by atoms with van der Waals surface area (Å²) in [7, 11) is 1.79. The molecule has 2 aromatic rings. The molecule has 5 heteroatoms. The quantitative estimate of drug-likeness (QED) is 0.847. The summed E-state index contributed by atoms with van der Waals surface area (Å²) < 4.78 is 1.65. The van der Waals surface area contributed by atoms with Crippen LogP contribution in [0.1, 0.15) is 17.7 Å². The fraction of sp³-hybridized carbons (Fsp3) is 0.333. The highest BCUT2D eigenvalue weighted by atomic mass is 32.1. The molecule has 0 saturated heterocycles. The molecule has 0 fully saturated rings. The van der Waals surface area contributed by atoms with Gasteiger partial charge in [0.2, 0.25) is 5.91 Å². The third kappa shape index (κ3) is 3.57. The van der Waals surface area contributed by atoms with Gasteiger partial charge in [-0.2, -0.15) is 0 Å². The van der Waals surface area contributed by atoms with E-state index in [-0.39, 0.29) is 10.8 Å². The predicted molar refractivity (Wildman–Crippen MR) is 80.8 cm³/mol. The molecule has 0 atom stereocenters. The van der Waals surface area contributed by atoms with Crippen LogP contribution in [0.2, 0.25) is 0 Å². The minimum Gasteiger partial charge on any atom is -0.341 e. The van der Waals surface area contributed by atoms with Crippen molar-refractivity contribution in [3.8, 4) is 0 Å². The van der Waals surface area contributed by atoms with Gasteiger partial charge < -0.3 is 9.47 Å². The summed E-state index contributed by atoms with van der Waals surface area (Å²) in [4.78, 5) is 25.3. The van der Waals surface area contributed by atoms with Gasteiger partial charge in [0.05, 0.1) is 0 Å². The molecule has 106 valence electrons. The van der Waals surface area contributed by atoms with E-state index in [0.717, 1.165) is 11.3 Å². The molecule has 0 aliphatic carbocycles. The average Bonchev–Trinajstić information content (AvgIpc) is 2.76. The molecule has 0 bridgehead atoms. The number of carbonyl (C=O) groups excluding carboxylic acids is 1. The molecule has 0 aliphatic heterocycles. The highest BCUT2D eigenvalue weighted by molar-refractivity contribution is 7.07. The number of hydrogen-bond acceptors (Lipinski definition) is 3. The van der Waals surface area contributed by atoms with E-state index in [4.69, 9.17) is 0 Å². The zero-order chi connectivity index (χ0) is 14.5. The Hall–Kier alpha value is -1.88. The molecule has 0 N–H and O–H groups in total. The van der Waals surface area contributed by atoms with Crippen molar-refractivity contribution in [1.82, 2.24) is 9.47 Å². The van der Waals surface area contributed by atoms with Crippen molar-refractivity contribution >= 4 is 17.2 Å². The number of nitrogens with zero attached hydrogens (tertiary/aromatic N) is 2. The Balaban J connectivity index is 1.90. The Morgan fingerprint density at radius 3 is 2.60 bits per heavy atom. The lowest BCUT2D eigenvalue weighted by atomic mass is 10.2. The monoisotopic (exact) mass is 290 g/mol. The van der Waals surface area contributed by atoms with E-state index in [1.165, 1.54) is 11.3 Å². The van der Waals surface area contributed by atoms with Crippen molar-refractivity contribution in [3.63, 3.8) is 0 Å². The summed E-state index contributed by atoms with van der Waals surface area (Å²) in [5, 5.41) is 1.82. The summed E-state index contributed by atoms with van der Waals surface area (Å²) in [6, 6.07) is 9.87. The number of carbonyl (C=O) groups is 1. The first-order valence-electron chi connectivity index (χ1n) is 6.51. The topological polar surface area (TPSA) is 42.3 Å². The Bertz CT molecular complexity index is 631. The minimum atomic E-state index is 0.000937. The first kappa shape index (κ1) is 14.5. The number of aryl methyl sites for hydroxylation is 1. The molecule has 0 aliphatic rings. The molecule has 0 radical (unpaired) electrons. The van der Waals surface area contributed by atoms with Crippen LogP contribution in [-0.4, -0.2) is 22.4 Å². The summed E-state index contributed by atoms with van der Waals surface area (Å²) in [6.45, 7) is 2.93. The molecule has 1 aromatic carbocycles. The summed E-state index contributed by atoms with van der Waals surface area (Å²) >= 11 is 1.18. The van der Waals surface area contributed by atoms with Crippen molar-refractivity contribution in [2.45, 2.75) is 26.4 Å². The van der Waals surface area contributed by atoms with Crippen LogP contribution in [0.5, 0.6) is 0 Å². The van der Waals surface area contributed by atoms with Gasteiger partial charge in [0.1, 0.15) is 0 Å². The van der Waals surface area contributed by atoms with Crippen LogP contribution in [-0.2, 0) is 17.9 Å². The lowest BCUT2D eigenvalue weighted by molar-refractivity contribution is -0.130. The molecule has 1 heterocycles. The lowest BCUT2D eigenvalue weighted by Gasteiger charge is -2.17. The molecule has 20 heavy (non-hydrogen) atoms. The van der Waals surface area contributed by atoms with Crippen molar-refractivity contribution in [1.29, 1.82) is 0 Å². The zero-order valence-corrected chi connectivity index (χ0v) is 12.5. The SMILES string of the molecule is Cc1csc(=O)n1CCC(=O)N(C)Cc1ccccc1. The second-order valence-electron chi connectivity index (χ2n) is 4.78. The van der Waals surface area contributed by atoms with Gasteiger partial charge in [-0.05, 0) is 12.5 Å². The summed E-state index contributed by atoms with van der Waals surface area (Å²) in [5.41, 5.74) is 2.02. The third-order valence-corrected chi connectivity index (χ3v) is 4.10. The largest absolute Gasteiger partial charge is 0.341 e. The third-order valence-electron chi connectivity index (χ3n) is 3.21. The predicted octanol–water partition coefficient (Wildman–Crippen LogP) is 2.27. The maximum atomic E-state index is 12.1. The molecule has 4 nitrogen and oxygen atoms in total. The van der Waals surface area contributed by atoms with Crippen molar-refractivity contribution < 1.29 is 4.79 Å². The Labute approximate surface area is 122 Å². The van der Waals surface area contributed by atoms with Crippen LogP contribution >= 0.6 is 11.3 Å². The number of amides is 1. The Morgan fingerprint density at radius 1 is 1.30 bits per heavy atom. The van der Waals surface area contributed by atoms with E-state index < -0.39 is 0 Å². The van der Waals surface area contributed by atoms with Crippen molar-refractivity contribution in [2.75, 3.05) is 7.05 Å². The smallest absolute Gasteiger partial charge is 0.307 e. The molecule has 0 unspecified atom stereocenters. The molecular formula is C15H18N2O2S. The van der Waals surface area contributed by atoms with E-state index in [1.54, 1.807) is 16.5 Å².